The van der Waals surface area contributed by atoms with Gasteiger partial charge in [-0.3, -0.25) is 4.79 Å². The summed E-state index contributed by atoms with van der Waals surface area (Å²) in [6.45, 7) is 3.97. The maximum Gasteiger partial charge on any atom is 0.282 e. The van der Waals surface area contributed by atoms with E-state index in [1.54, 1.807) is 0 Å². The molecule has 0 radical (unpaired) electrons. The highest BCUT2D eigenvalue weighted by molar-refractivity contribution is 6.29. The molecule has 2 aliphatic heterocycles. The van der Waals surface area contributed by atoms with Crippen LogP contribution in [-0.4, -0.2) is 29.6 Å². The Morgan fingerprint density at radius 1 is 1.16 bits per heavy atom. The summed E-state index contributed by atoms with van der Waals surface area (Å²) in [5, 5.41) is 5.85. The number of hydrogen-bond acceptors (Lipinski definition) is 3. The number of carbonyl (C=O) groups excluding carboxylic acids is 1. The minimum absolute atomic E-state index is 0.0319. The lowest BCUT2D eigenvalue weighted by Gasteiger charge is -2.14. The summed E-state index contributed by atoms with van der Waals surface area (Å²) in [5.74, 6) is -0.0319. The van der Waals surface area contributed by atoms with Crippen molar-refractivity contribution in [3.8, 4) is 0 Å². The van der Waals surface area contributed by atoms with Crippen molar-refractivity contribution in [2.24, 2.45) is 5.10 Å². The average molecular weight is 255 g/mol. The largest absolute Gasteiger partial charge is 0.377 e. The second-order valence-corrected chi connectivity index (χ2v) is 4.92. The number of likely N-dealkylation sites (tertiary alicyclic amines) is 1. The first-order chi connectivity index (χ1) is 9.25. The Balaban J connectivity index is 1.87. The summed E-state index contributed by atoms with van der Waals surface area (Å²) >= 11 is 0. The molecule has 1 fully saturated rings. The van der Waals surface area contributed by atoms with Crippen molar-refractivity contribution in [2.45, 2.75) is 19.8 Å². The SMILES string of the molecule is CC1=NN(c2ccccc2)C(=O)/C1=C\N1CCCC1. The van der Waals surface area contributed by atoms with Crippen molar-refractivity contribution in [2.75, 3.05) is 18.1 Å². The first-order valence-electron chi connectivity index (χ1n) is 6.66. The Morgan fingerprint density at radius 3 is 2.53 bits per heavy atom. The molecule has 98 valence electrons. The predicted octanol–water partition coefficient (Wildman–Crippen LogP) is 2.39. The van der Waals surface area contributed by atoms with E-state index in [-0.39, 0.29) is 5.91 Å². The second-order valence-electron chi connectivity index (χ2n) is 4.92. The molecule has 4 nitrogen and oxygen atoms in total. The summed E-state index contributed by atoms with van der Waals surface area (Å²) in [6.07, 6.45) is 4.38. The van der Waals surface area contributed by atoms with Gasteiger partial charge in [-0.1, -0.05) is 18.2 Å². The van der Waals surface area contributed by atoms with Crippen molar-refractivity contribution in [3.05, 3.63) is 42.1 Å². The fourth-order valence-electron chi connectivity index (χ4n) is 2.46. The van der Waals surface area contributed by atoms with Gasteiger partial charge >= 0.3 is 0 Å². The van der Waals surface area contributed by atoms with E-state index in [0.29, 0.717) is 5.57 Å². The molecule has 2 heterocycles. The first-order valence-corrected chi connectivity index (χ1v) is 6.66. The molecule has 0 bridgehead atoms. The van der Waals surface area contributed by atoms with Crippen molar-refractivity contribution in [1.82, 2.24) is 4.90 Å². The van der Waals surface area contributed by atoms with Crippen LogP contribution in [-0.2, 0) is 4.79 Å². The average Bonchev–Trinajstić information content (AvgIpc) is 3.03. The molecular weight excluding hydrogens is 238 g/mol. The molecule has 2 aliphatic rings. The number of carbonyl (C=O) groups is 1. The lowest BCUT2D eigenvalue weighted by molar-refractivity contribution is -0.114. The number of anilines is 1. The molecule has 0 saturated carbocycles. The lowest BCUT2D eigenvalue weighted by atomic mass is 10.2. The van der Waals surface area contributed by atoms with Gasteiger partial charge in [-0.05, 0) is 31.9 Å². The molecule has 1 saturated heterocycles. The van der Waals surface area contributed by atoms with Gasteiger partial charge in [0.2, 0.25) is 0 Å². The zero-order valence-electron chi connectivity index (χ0n) is 11.0. The topological polar surface area (TPSA) is 35.9 Å². The van der Waals surface area contributed by atoms with Crippen LogP contribution in [0, 0.1) is 0 Å². The smallest absolute Gasteiger partial charge is 0.282 e. The molecule has 1 aromatic carbocycles. The molecule has 0 aliphatic carbocycles. The van der Waals surface area contributed by atoms with E-state index < -0.39 is 0 Å². The normalized spacial score (nSPS) is 21.4. The number of nitrogens with zero attached hydrogens (tertiary/aromatic N) is 3. The van der Waals surface area contributed by atoms with Crippen LogP contribution in [0.2, 0.25) is 0 Å². The summed E-state index contributed by atoms with van der Waals surface area (Å²) in [5.41, 5.74) is 2.32. The highest BCUT2D eigenvalue weighted by Crippen LogP contribution is 2.24. The molecular formula is C15H17N3O. The van der Waals surface area contributed by atoms with Crippen LogP contribution < -0.4 is 5.01 Å². The van der Waals surface area contributed by atoms with E-state index in [4.69, 9.17) is 0 Å². The van der Waals surface area contributed by atoms with Gasteiger partial charge in [0, 0.05) is 19.3 Å². The minimum Gasteiger partial charge on any atom is -0.377 e. The Labute approximate surface area is 113 Å². The van der Waals surface area contributed by atoms with E-state index in [9.17, 15) is 4.79 Å². The van der Waals surface area contributed by atoms with E-state index in [0.717, 1.165) is 24.5 Å². The fourth-order valence-corrected chi connectivity index (χ4v) is 2.46. The molecule has 0 N–H and O–H groups in total. The zero-order chi connectivity index (χ0) is 13.2. The van der Waals surface area contributed by atoms with Crippen LogP contribution in [0.3, 0.4) is 0 Å². The van der Waals surface area contributed by atoms with Crippen molar-refractivity contribution in [1.29, 1.82) is 0 Å². The Kier molecular flexibility index (Phi) is 3.07. The highest BCUT2D eigenvalue weighted by Gasteiger charge is 2.29. The number of benzene rings is 1. The van der Waals surface area contributed by atoms with Crippen LogP contribution in [0.5, 0.6) is 0 Å². The number of para-hydroxylation sites is 1. The van der Waals surface area contributed by atoms with E-state index in [1.807, 2.05) is 43.5 Å². The third-order valence-corrected chi connectivity index (χ3v) is 3.52. The number of amides is 1. The third-order valence-electron chi connectivity index (χ3n) is 3.52. The van der Waals surface area contributed by atoms with Gasteiger partial charge in [-0.25, -0.2) is 0 Å². The summed E-state index contributed by atoms with van der Waals surface area (Å²) < 4.78 is 0. The Hall–Kier alpha value is -2.10. The van der Waals surface area contributed by atoms with Gasteiger partial charge in [0.05, 0.1) is 17.0 Å². The summed E-state index contributed by atoms with van der Waals surface area (Å²) in [7, 11) is 0. The molecule has 4 heteroatoms. The van der Waals surface area contributed by atoms with E-state index in [2.05, 4.69) is 10.0 Å². The molecule has 1 aromatic rings. The lowest BCUT2D eigenvalue weighted by Crippen LogP contribution is -2.23. The molecule has 0 aromatic heterocycles. The number of rotatable bonds is 2. The first kappa shape index (κ1) is 12.0. The van der Waals surface area contributed by atoms with Crippen LogP contribution >= 0.6 is 0 Å². The van der Waals surface area contributed by atoms with Crippen LogP contribution in [0.4, 0.5) is 5.69 Å². The second kappa shape index (κ2) is 4.88. The third kappa shape index (κ3) is 2.26. The monoisotopic (exact) mass is 255 g/mol. The maximum absolute atomic E-state index is 12.4. The van der Waals surface area contributed by atoms with Crippen LogP contribution in [0.1, 0.15) is 19.8 Å². The predicted molar refractivity (Wildman–Crippen MR) is 75.9 cm³/mol. The van der Waals surface area contributed by atoms with Gasteiger partial charge in [0.25, 0.3) is 5.91 Å². The summed E-state index contributed by atoms with van der Waals surface area (Å²) in [4.78, 5) is 14.6. The number of hydrogen-bond donors (Lipinski definition) is 0. The Morgan fingerprint density at radius 2 is 1.84 bits per heavy atom. The molecule has 0 unspecified atom stereocenters. The van der Waals surface area contributed by atoms with Gasteiger partial charge in [-0.2, -0.15) is 10.1 Å². The van der Waals surface area contributed by atoms with Crippen LogP contribution in [0.25, 0.3) is 0 Å². The molecule has 0 atom stereocenters. The molecule has 1 amide bonds. The van der Waals surface area contributed by atoms with Crippen molar-refractivity contribution >= 4 is 17.3 Å². The molecule has 0 spiro atoms. The van der Waals surface area contributed by atoms with Gasteiger partial charge < -0.3 is 4.90 Å². The van der Waals surface area contributed by atoms with Crippen molar-refractivity contribution < 1.29 is 4.79 Å². The van der Waals surface area contributed by atoms with E-state index in [1.165, 1.54) is 17.9 Å². The standard InChI is InChI=1S/C15H17N3O/c1-12-14(11-17-9-5-6-10-17)15(19)18(16-12)13-7-3-2-4-8-13/h2-4,7-8,11H,5-6,9-10H2,1H3/b14-11-. The van der Waals surface area contributed by atoms with Gasteiger partial charge in [0.15, 0.2) is 0 Å². The highest BCUT2D eigenvalue weighted by atomic mass is 16.2. The zero-order valence-corrected chi connectivity index (χ0v) is 11.0. The maximum atomic E-state index is 12.4. The molecule has 3 rings (SSSR count). The molecule has 19 heavy (non-hydrogen) atoms. The quantitative estimate of drug-likeness (QED) is 0.761. The van der Waals surface area contributed by atoms with Gasteiger partial charge in [-0.15, -0.1) is 0 Å². The van der Waals surface area contributed by atoms with Crippen LogP contribution in [0.15, 0.2) is 47.2 Å². The fraction of sp³-hybridized carbons (Fsp3) is 0.333. The minimum atomic E-state index is -0.0319. The van der Waals surface area contributed by atoms with Crippen molar-refractivity contribution in [3.63, 3.8) is 0 Å². The Bertz CT molecular complexity index is 542. The number of hydrazone groups is 1. The van der Waals surface area contributed by atoms with Gasteiger partial charge in [0.1, 0.15) is 0 Å². The summed E-state index contributed by atoms with van der Waals surface area (Å²) in [6, 6.07) is 9.55. The van der Waals surface area contributed by atoms with E-state index >= 15 is 0 Å².